The van der Waals surface area contributed by atoms with Crippen molar-refractivity contribution in [2.45, 2.75) is 335 Å². The zero-order chi connectivity index (χ0) is 98.4. The average Bonchev–Trinajstić information content (AvgIpc) is 1.58. The van der Waals surface area contributed by atoms with Crippen molar-refractivity contribution in [2.75, 3.05) is 47.4 Å². The molecular formula is C96H128F4N20O12S4. The van der Waals surface area contributed by atoms with Gasteiger partial charge in [0.05, 0.1) is 68.1 Å². The lowest BCUT2D eigenvalue weighted by Crippen LogP contribution is -2.50. The van der Waals surface area contributed by atoms with Gasteiger partial charge in [0.2, 0.25) is 0 Å². The number of halogens is 4. The van der Waals surface area contributed by atoms with Crippen molar-refractivity contribution >= 4 is 116 Å². The lowest BCUT2D eigenvalue weighted by molar-refractivity contribution is 0.0447. The Bertz CT molecular complexity index is 5320. The molecule has 0 unspecified atom stereocenters. The van der Waals surface area contributed by atoms with Crippen LogP contribution in [0.4, 0.5) is 40.8 Å². The van der Waals surface area contributed by atoms with Gasteiger partial charge in [-0.3, -0.25) is 38.4 Å². The second-order valence-electron chi connectivity index (χ2n) is 39.4. The Labute approximate surface area is 806 Å². The highest BCUT2D eigenvalue weighted by Crippen LogP contribution is 2.44. The van der Waals surface area contributed by atoms with E-state index >= 15 is 0 Å². The molecule has 12 N–H and O–H groups in total. The number of aliphatic hydroxyl groups is 4. The van der Waals surface area contributed by atoms with Crippen LogP contribution in [0.2, 0.25) is 0 Å². The minimum atomic E-state index is -2.83. The van der Waals surface area contributed by atoms with Gasteiger partial charge in [0.15, 0.2) is 20.0 Å². The molecule has 4 saturated heterocycles. The number of pyridine rings is 4. The summed E-state index contributed by atoms with van der Waals surface area (Å²) in [5.41, 5.74) is 2.88. The lowest BCUT2D eigenvalue weighted by atomic mass is 9.89. The average molecular weight is 1960 g/mol. The maximum Gasteiger partial charge on any atom is 0.280 e. The fourth-order valence-electron chi connectivity index (χ4n) is 17.8. The van der Waals surface area contributed by atoms with Crippen molar-refractivity contribution in [3.63, 3.8) is 0 Å². The molecule has 12 heterocycles. The Hall–Kier alpha value is -10.4. The smallest absolute Gasteiger partial charge is 0.280 e. The fraction of sp³-hybridized carbons (Fsp3) is 0.583. The number of rotatable bonds is 24. The second-order valence-corrected chi connectivity index (χ2v) is 43.4. The van der Waals surface area contributed by atoms with Crippen molar-refractivity contribution < 1.29 is 76.3 Å². The number of alkyl halides is 4. The second kappa shape index (κ2) is 44.2. The molecule has 0 aromatic carbocycles. The van der Waals surface area contributed by atoms with Gasteiger partial charge in [0.1, 0.15) is 46.0 Å². The van der Waals surface area contributed by atoms with Gasteiger partial charge in [-0.15, -0.1) is 45.3 Å². The van der Waals surface area contributed by atoms with Crippen LogP contribution in [-0.4, -0.2) is 249 Å². The summed E-state index contributed by atoms with van der Waals surface area (Å²) in [7, 11) is 0. The molecule has 8 aromatic rings. The number of thiazole rings is 4. The molecular weight excluding hydrogens is 1830 g/mol. The summed E-state index contributed by atoms with van der Waals surface area (Å²) in [4.78, 5) is 150. The third kappa shape index (κ3) is 24.8. The quantitative estimate of drug-likeness (QED) is 0.0250. The van der Waals surface area contributed by atoms with Gasteiger partial charge >= 0.3 is 0 Å². The summed E-state index contributed by atoms with van der Waals surface area (Å²) in [5.74, 6) is -0.703. The normalized spacial score (nSPS) is 22.5. The number of hydrogen-bond acceptors (Lipinski definition) is 28. The molecule has 8 fully saturated rings. The first-order valence-electron chi connectivity index (χ1n) is 47.2. The van der Waals surface area contributed by atoms with Gasteiger partial charge < -0.3 is 82.6 Å². The van der Waals surface area contributed by atoms with Crippen LogP contribution in [0.5, 0.6) is 0 Å². The van der Waals surface area contributed by atoms with Crippen LogP contribution in [0.1, 0.15) is 329 Å². The molecule has 8 aliphatic rings. The number of hydrogen-bond donors (Lipinski definition) is 12. The van der Waals surface area contributed by atoms with Gasteiger partial charge in [-0.25, -0.2) is 57.4 Å². The van der Waals surface area contributed by atoms with Crippen LogP contribution < -0.4 is 42.5 Å². The van der Waals surface area contributed by atoms with Crippen LogP contribution in [0.3, 0.4) is 0 Å². The summed E-state index contributed by atoms with van der Waals surface area (Å²) >= 11 is 4.21. The lowest BCUT2D eigenvalue weighted by Gasteiger charge is -2.32. The van der Waals surface area contributed by atoms with Crippen LogP contribution in [0.15, 0.2) is 49.1 Å². The summed E-state index contributed by atoms with van der Waals surface area (Å²) < 4.78 is 56.9. The van der Waals surface area contributed by atoms with Gasteiger partial charge in [-0.2, -0.15) is 0 Å². The van der Waals surface area contributed by atoms with Crippen molar-refractivity contribution in [3.05, 3.63) is 114 Å². The first-order chi connectivity index (χ1) is 64.4. The highest BCUT2D eigenvalue weighted by molar-refractivity contribution is 7.18. The van der Waals surface area contributed by atoms with Gasteiger partial charge in [-0.05, 0) is 262 Å². The van der Waals surface area contributed by atoms with E-state index < -0.39 is 61.2 Å². The number of aliphatic hydroxyl groups excluding tert-OH is 4. The third-order valence-electron chi connectivity index (χ3n) is 25.5. The Morgan fingerprint density at radius 1 is 0.360 bits per heavy atom. The monoisotopic (exact) mass is 1960 g/mol. The Morgan fingerprint density at radius 2 is 0.618 bits per heavy atom. The highest BCUT2D eigenvalue weighted by Gasteiger charge is 2.42. The maximum absolute atomic E-state index is 14.2. The summed E-state index contributed by atoms with van der Waals surface area (Å²) in [6.07, 6.45) is 12.3. The molecule has 8 aromatic heterocycles. The Kier molecular flexibility index (Phi) is 33.5. The van der Waals surface area contributed by atoms with Crippen molar-refractivity contribution in [1.29, 1.82) is 0 Å². The highest BCUT2D eigenvalue weighted by atomic mass is 32.1. The van der Waals surface area contributed by atoms with Crippen molar-refractivity contribution in [1.82, 2.24) is 80.7 Å². The summed E-state index contributed by atoms with van der Waals surface area (Å²) in [6.45, 7) is 33.9. The predicted molar refractivity (Wildman–Crippen MR) is 519 cm³/mol. The minimum Gasteiger partial charge on any atom is -0.391 e. The molecule has 0 spiro atoms. The SMILES string of the molecule is C[C@H]1CCCN1C(=O)c1nc(C(=O)N[C@@H]2CCC[C@H]2O)sc1-c1cnc(NC(C)(C)C)cc1C(F)F.C[C@H]1CCCN1C(=O)c1nc(C(=O)N[C@H]2CCC[C@@H]2O)sc1-c1cnc(NC(C)(C)C)cc1C(F)F.Cc1cc(NC(C)C)ncc1-c1sc(C(=O)N[C@@H]2CC[C@H]2O)nc1C(=O)N1CCC[C@@H]1C.Cc1cc(NC(C)C)ncc1-c1sc(C(=O)N[C@H]2CC[C@@H]2O)nc1C(=O)N1CCC[C@@H]1C. The van der Waals surface area contributed by atoms with Crippen molar-refractivity contribution in [3.8, 4) is 41.8 Å². The van der Waals surface area contributed by atoms with Crippen LogP contribution in [0, 0.1) is 13.8 Å². The molecule has 8 amide bonds. The third-order valence-corrected chi connectivity index (χ3v) is 29.8. The Balaban J connectivity index is 0.000000154. The molecule has 40 heteroatoms. The van der Waals surface area contributed by atoms with E-state index in [0.29, 0.717) is 97.5 Å². The Morgan fingerprint density at radius 3 is 0.831 bits per heavy atom. The number of amides is 8. The molecule has 32 nitrogen and oxygen atoms in total. The topological polar surface area (TPSA) is 430 Å². The molecule has 4 aliphatic carbocycles. The molecule has 4 aliphatic heterocycles. The minimum absolute atomic E-state index is 0.00332. The summed E-state index contributed by atoms with van der Waals surface area (Å²) in [6, 6.07) is 5.95. The van der Waals surface area contributed by atoms with E-state index in [1.165, 1.54) is 47.2 Å². The van der Waals surface area contributed by atoms with Gasteiger partial charge in [0.25, 0.3) is 60.1 Å². The fourth-order valence-corrected chi connectivity index (χ4v) is 21.9. The molecule has 136 heavy (non-hydrogen) atoms. The van der Waals surface area contributed by atoms with Crippen molar-refractivity contribution in [2.24, 2.45) is 0 Å². The van der Waals surface area contributed by atoms with E-state index in [-0.39, 0.29) is 158 Å². The van der Waals surface area contributed by atoms with Crippen LogP contribution in [-0.2, 0) is 0 Å². The number of nitrogens with zero attached hydrogens (tertiary/aromatic N) is 12. The number of carbonyl (C=O) groups excluding carboxylic acids is 8. The number of aromatic nitrogens is 8. The van der Waals surface area contributed by atoms with E-state index in [2.05, 4.69) is 82.4 Å². The molecule has 736 valence electrons. The van der Waals surface area contributed by atoms with E-state index in [9.17, 15) is 76.3 Å². The molecule has 12 atom stereocenters. The zero-order valence-electron chi connectivity index (χ0n) is 80.0. The molecule has 0 bridgehead atoms. The number of nitrogens with one attached hydrogen (secondary N) is 8. The van der Waals surface area contributed by atoms with E-state index in [1.807, 2.05) is 133 Å². The first-order valence-corrected chi connectivity index (χ1v) is 50.5. The number of carbonyl (C=O) groups is 8. The van der Waals surface area contributed by atoms with E-state index in [4.69, 9.17) is 0 Å². The van der Waals surface area contributed by atoms with Crippen LogP contribution >= 0.6 is 45.3 Å². The predicted octanol–water partition coefficient (Wildman–Crippen LogP) is 15.7. The van der Waals surface area contributed by atoms with E-state index in [1.54, 1.807) is 22.2 Å². The molecule has 16 rings (SSSR count). The first kappa shape index (κ1) is 103. The largest absolute Gasteiger partial charge is 0.391 e. The zero-order valence-corrected chi connectivity index (χ0v) is 83.2. The number of likely N-dealkylation sites (tertiary alicyclic amines) is 4. The van der Waals surface area contributed by atoms with Crippen LogP contribution in [0.25, 0.3) is 41.8 Å². The van der Waals surface area contributed by atoms with E-state index in [0.717, 1.165) is 134 Å². The molecule has 0 radical (unpaired) electrons. The molecule has 4 saturated carbocycles. The standard InChI is InChI=1S/2C25H33F2N5O3S.2C23H31N5O3S/c2*1-13-7-6-10-32(13)24(35)19-20(36-23(30-19)22(34)29-16-8-5-9-17(16)33)15-12-28-18(31-25(2,3)4)11-14(15)21(26)27;2*1-12(2)25-18-10-13(3)15(11-24-18)20-19(23(31)28-9-5-6-14(28)4)27-22(32-20)21(30)26-16-7-8-17(16)29/h2*11-13,16-17,21,33H,5-10H2,1-4H3,(H,28,31)(H,29,34);2*10-12,14,16-17,29H,5-9H2,1-4H3,(H,24,25)(H,26,30)/t13-,16+,17+;13-,16-,17-;14-,16+,17+;14-,16-,17-/m0000/s1. The number of anilines is 4. The number of aryl methyl sites for hydroxylation is 2. The summed E-state index contributed by atoms with van der Waals surface area (Å²) in [5, 5.41) is 64.3. The van der Waals surface area contributed by atoms with Gasteiger partial charge in [0, 0.05) is 132 Å². The maximum atomic E-state index is 14.2. The van der Waals surface area contributed by atoms with Gasteiger partial charge in [-0.1, -0.05) is 0 Å².